The van der Waals surface area contributed by atoms with Crippen LogP contribution in [0.4, 0.5) is 0 Å². The van der Waals surface area contributed by atoms with Crippen molar-refractivity contribution in [1.82, 2.24) is 0 Å². The van der Waals surface area contributed by atoms with Gasteiger partial charge >= 0.3 is 0 Å². The van der Waals surface area contributed by atoms with E-state index in [0.29, 0.717) is 31.1 Å². The zero-order chi connectivity index (χ0) is 26.7. The van der Waals surface area contributed by atoms with Crippen LogP contribution in [0.25, 0.3) is 0 Å². The summed E-state index contributed by atoms with van der Waals surface area (Å²) in [5.41, 5.74) is 5.34. The van der Waals surface area contributed by atoms with E-state index in [4.69, 9.17) is 9.29 Å². The minimum atomic E-state index is -3.91. The Bertz CT molecular complexity index is 1280. The monoisotopic (exact) mass is 522 g/mol. The average molecular weight is 523 g/mol. The maximum absolute atomic E-state index is 10.8. The number of phenolic OH excluding ortho intramolecular Hbond substituents is 1. The van der Waals surface area contributed by atoms with Crippen molar-refractivity contribution in [2.75, 3.05) is 12.4 Å². The lowest BCUT2D eigenvalue weighted by molar-refractivity contribution is 0.309. The van der Waals surface area contributed by atoms with Gasteiger partial charge in [0.2, 0.25) is 0 Å². The predicted molar refractivity (Wildman–Crippen MR) is 148 cm³/mol. The van der Waals surface area contributed by atoms with Gasteiger partial charge < -0.3 is 9.84 Å². The van der Waals surface area contributed by atoms with Crippen molar-refractivity contribution < 1.29 is 22.8 Å². The van der Waals surface area contributed by atoms with Gasteiger partial charge in [0.1, 0.15) is 11.5 Å². The van der Waals surface area contributed by atoms with Crippen LogP contribution >= 0.6 is 0 Å². The van der Waals surface area contributed by atoms with Crippen molar-refractivity contribution in [3.63, 3.8) is 0 Å². The maximum Gasteiger partial charge on any atom is 0.264 e. The highest BCUT2D eigenvalue weighted by atomic mass is 32.2. The molecule has 5 nitrogen and oxygen atoms in total. The summed E-state index contributed by atoms with van der Waals surface area (Å²) in [7, 11) is -3.91. The van der Waals surface area contributed by atoms with Crippen molar-refractivity contribution in [2.45, 2.75) is 64.2 Å². The minimum Gasteiger partial charge on any atom is -0.508 e. The molecule has 3 aromatic rings. The zero-order valence-corrected chi connectivity index (χ0v) is 22.8. The van der Waals surface area contributed by atoms with Gasteiger partial charge in [-0.15, -0.1) is 0 Å². The third kappa shape index (κ3) is 6.74. The second-order valence-corrected chi connectivity index (χ2v) is 12.6. The van der Waals surface area contributed by atoms with Crippen LogP contribution in [0.5, 0.6) is 11.5 Å². The molecule has 0 radical (unpaired) electrons. The highest BCUT2D eigenvalue weighted by molar-refractivity contribution is 7.85. The molecule has 1 fully saturated rings. The number of ether oxygens (including phenoxy) is 1. The molecule has 0 amide bonds. The number of unbranched alkanes of at least 4 members (excludes halogenated alkanes) is 1. The predicted octanol–water partition coefficient (Wildman–Crippen LogP) is 6.83. The van der Waals surface area contributed by atoms with Crippen LogP contribution in [-0.4, -0.2) is 30.4 Å². The zero-order valence-electron chi connectivity index (χ0n) is 22.0. The van der Waals surface area contributed by atoms with Gasteiger partial charge in [0.05, 0.1) is 12.4 Å². The van der Waals surface area contributed by atoms with E-state index < -0.39 is 10.1 Å². The third-order valence-electron chi connectivity index (χ3n) is 8.03. The first-order valence-electron chi connectivity index (χ1n) is 13.0. The number of benzene rings is 3. The van der Waals surface area contributed by atoms with Crippen LogP contribution in [0.2, 0.25) is 0 Å². The molecule has 0 saturated heterocycles. The van der Waals surface area contributed by atoms with E-state index in [2.05, 4.69) is 69.3 Å². The molecule has 37 heavy (non-hydrogen) atoms. The van der Waals surface area contributed by atoms with Crippen molar-refractivity contribution in [3.05, 3.63) is 95.1 Å². The summed E-state index contributed by atoms with van der Waals surface area (Å²) in [6.07, 6.45) is 4.07. The molecule has 0 bridgehead atoms. The van der Waals surface area contributed by atoms with Gasteiger partial charge in [0.25, 0.3) is 10.1 Å². The van der Waals surface area contributed by atoms with Gasteiger partial charge in [0, 0.05) is 5.41 Å². The van der Waals surface area contributed by atoms with E-state index in [9.17, 15) is 13.5 Å². The largest absolute Gasteiger partial charge is 0.508 e. The van der Waals surface area contributed by atoms with E-state index >= 15 is 0 Å². The molecule has 198 valence electrons. The van der Waals surface area contributed by atoms with Gasteiger partial charge in [-0.1, -0.05) is 67.9 Å². The molecular formula is C31H38O5S. The number of rotatable bonds is 12. The molecule has 3 unspecified atom stereocenters. The summed E-state index contributed by atoms with van der Waals surface area (Å²) < 4.78 is 36.2. The second kappa shape index (κ2) is 10.9. The fraction of sp³-hybridized carbons (Fsp3) is 0.419. The van der Waals surface area contributed by atoms with Crippen LogP contribution in [0.1, 0.15) is 67.7 Å². The normalized spacial score (nSPS) is 21.9. The Kier molecular flexibility index (Phi) is 8.00. The highest BCUT2D eigenvalue weighted by Gasteiger charge is 2.64. The highest BCUT2D eigenvalue weighted by Crippen LogP contribution is 2.69. The first-order valence-corrected chi connectivity index (χ1v) is 14.6. The van der Waals surface area contributed by atoms with E-state index in [1.165, 1.54) is 22.3 Å². The third-order valence-corrected chi connectivity index (χ3v) is 8.83. The van der Waals surface area contributed by atoms with Crippen molar-refractivity contribution in [1.29, 1.82) is 0 Å². The van der Waals surface area contributed by atoms with Crippen molar-refractivity contribution in [2.24, 2.45) is 5.41 Å². The molecule has 4 rings (SSSR count). The van der Waals surface area contributed by atoms with Crippen molar-refractivity contribution in [3.8, 4) is 11.5 Å². The topological polar surface area (TPSA) is 83.8 Å². The Morgan fingerprint density at radius 2 is 1.59 bits per heavy atom. The molecule has 0 aliphatic heterocycles. The number of hydrogen-bond acceptors (Lipinski definition) is 4. The Balaban J connectivity index is 1.44. The van der Waals surface area contributed by atoms with Gasteiger partial charge in [-0.2, -0.15) is 8.42 Å². The second-order valence-electron chi connectivity index (χ2n) is 11.0. The number of hydrogen-bond donors (Lipinski definition) is 2. The molecule has 2 N–H and O–H groups in total. The minimum absolute atomic E-state index is 0.0349. The Hall–Kier alpha value is -2.83. The van der Waals surface area contributed by atoms with E-state index in [0.717, 1.165) is 25.0 Å². The fourth-order valence-corrected chi connectivity index (χ4v) is 6.36. The summed E-state index contributed by atoms with van der Waals surface area (Å²) in [5, 5.41) is 9.90. The van der Waals surface area contributed by atoms with Crippen LogP contribution < -0.4 is 4.74 Å². The van der Waals surface area contributed by atoms with Gasteiger partial charge in [-0.3, -0.25) is 4.55 Å². The van der Waals surface area contributed by atoms with E-state index in [1.807, 2.05) is 12.1 Å². The van der Waals surface area contributed by atoms with Gasteiger partial charge in [-0.05, 0) is 91.3 Å². The molecule has 0 spiro atoms. The van der Waals surface area contributed by atoms with Crippen LogP contribution in [0, 0.1) is 12.3 Å². The molecule has 6 heteroatoms. The van der Waals surface area contributed by atoms with Crippen LogP contribution in [0.3, 0.4) is 0 Å². The molecule has 1 saturated carbocycles. The van der Waals surface area contributed by atoms with Crippen LogP contribution in [-0.2, 0) is 22.0 Å². The standard InChI is InChI=1S/C31H38O5S/c1-23-6-8-25(9-7-23)21-30(3)22-31(30,27-12-14-28(32)15-13-27)20-24(2)26-10-16-29(17-11-26)36-18-4-5-19-37(33,34)35/h6-17,24,32H,4-5,18-22H2,1-3H3,(H,33,34,35). The summed E-state index contributed by atoms with van der Waals surface area (Å²) in [5.74, 6) is 1.14. The summed E-state index contributed by atoms with van der Waals surface area (Å²) >= 11 is 0. The lowest BCUT2D eigenvalue weighted by atomic mass is 9.76. The quantitative estimate of drug-likeness (QED) is 0.201. The first kappa shape index (κ1) is 27.2. The Morgan fingerprint density at radius 1 is 0.946 bits per heavy atom. The summed E-state index contributed by atoms with van der Waals surface area (Å²) in [6.45, 7) is 7.19. The molecule has 3 aromatic carbocycles. The molecule has 3 atom stereocenters. The van der Waals surface area contributed by atoms with Gasteiger partial charge in [-0.25, -0.2) is 0 Å². The van der Waals surface area contributed by atoms with E-state index in [1.54, 1.807) is 12.1 Å². The molecule has 1 aliphatic rings. The number of aromatic hydroxyl groups is 1. The first-order chi connectivity index (χ1) is 17.5. The lowest BCUT2D eigenvalue weighted by Gasteiger charge is -2.28. The molecule has 0 heterocycles. The number of phenols is 1. The smallest absolute Gasteiger partial charge is 0.264 e. The number of aryl methyl sites for hydroxylation is 1. The summed E-state index contributed by atoms with van der Waals surface area (Å²) in [4.78, 5) is 0. The van der Waals surface area contributed by atoms with Crippen molar-refractivity contribution >= 4 is 10.1 Å². The molecular weight excluding hydrogens is 484 g/mol. The maximum atomic E-state index is 10.8. The molecule has 1 aliphatic carbocycles. The van der Waals surface area contributed by atoms with Gasteiger partial charge in [0.15, 0.2) is 0 Å². The molecule has 0 aromatic heterocycles. The lowest BCUT2D eigenvalue weighted by Crippen LogP contribution is -2.21. The van der Waals surface area contributed by atoms with Crippen LogP contribution in [0.15, 0.2) is 72.8 Å². The fourth-order valence-electron chi connectivity index (χ4n) is 5.79. The van der Waals surface area contributed by atoms with E-state index in [-0.39, 0.29) is 16.6 Å². The SMILES string of the molecule is Cc1ccc(CC2(C)CC2(CC(C)c2ccc(OCCCCS(=O)(=O)O)cc2)c2ccc(O)cc2)cc1. The average Bonchev–Trinajstić information content (AvgIpc) is 3.43. The summed E-state index contributed by atoms with van der Waals surface area (Å²) in [6, 6.07) is 24.8. The Labute approximate surface area is 221 Å². The Morgan fingerprint density at radius 3 is 2.22 bits per heavy atom.